The summed E-state index contributed by atoms with van der Waals surface area (Å²) in [6.07, 6.45) is 0. The molecule has 1 atom stereocenters. The van der Waals surface area contributed by atoms with Crippen molar-refractivity contribution in [2.75, 3.05) is 28.3 Å². The summed E-state index contributed by atoms with van der Waals surface area (Å²) in [4.78, 5) is 26.5. The first-order valence-corrected chi connectivity index (χ1v) is 5.77. The first-order chi connectivity index (χ1) is 9.01. The minimum atomic E-state index is -0.678. The molecule has 0 saturated carbocycles. The molecule has 0 bridgehead atoms. The quantitative estimate of drug-likeness (QED) is 0.771. The number of urea groups is 1. The number of ether oxygens (including phenoxy) is 2. The van der Waals surface area contributed by atoms with Gasteiger partial charge in [-0.3, -0.25) is 9.69 Å². The molecule has 1 aromatic carbocycles. The first kappa shape index (κ1) is 13.2. The highest BCUT2D eigenvalue weighted by Crippen LogP contribution is 2.36. The highest BCUT2D eigenvalue weighted by atomic mass is 16.5. The largest absolute Gasteiger partial charge is 0.497 e. The van der Waals surface area contributed by atoms with Crippen LogP contribution in [0.3, 0.4) is 0 Å². The standard InChI is InChI=1S/C13H16N2O4/c1-14-11(12(16)15(2)13(14)17)9-7-8(18-3)5-6-10(9)19-4/h5-7,11H,1-4H3. The molecular weight excluding hydrogens is 248 g/mol. The van der Waals surface area contributed by atoms with Crippen molar-refractivity contribution in [2.45, 2.75) is 6.04 Å². The normalized spacial score (nSPS) is 19.1. The number of methoxy groups -OCH3 is 2. The van der Waals surface area contributed by atoms with Gasteiger partial charge in [-0.2, -0.15) is 0 Å². The Morgan fingerprint density at radius 3 is 2.26 bits per heavy atom. The second-order valence-corrected chi connectivity index (χ2v) is 4.30. The van der Waals surface area contributed by atoms with Crippen LogP contribution in [0, 0.1) is 0 Å². The Labute approximate surface area is 111 Å². The molecule has 102 valence electrons. The molecule has 19 heavy (non-hydrogen) atoms. The second-order valence-electron chi connectivity index (χ2n) is 4.30. The number of amides is 3. The summed E-state index contributed by atoms with van der Waals surface area (Å²) in [7, 11) is 6.13. The molecule has 1 aliphatic heterocycles. The number of carbonyl (C=O) groups excluding carboxylic acids is 2. The summed E-state index contributed by atoms with van der Waals surface area (Å²) >= 11 is 0. The van der Waals surface area contributed by atoms with Gasteiger partial charge in [0, 0.05) is 19.7 Å². The van der Waals surface area contributed by atoms with Gasteiger partial charge in [0.15, 0.2) is 0 Å². The Kier molecular flexibility index (Phi) is 3.33. The first-order valence-electron chi connectivity index (χ1n) is 5.77. The van der Waals surface area contributed by atoms with Crippen LogP contribution in [0.5, 0.6) is 11.5 Å². The van der Waals surface area contributed by atoms with Gasteiger partial charge in [-0.15, -0.1) is 0 Å². The Balaban J connectivity index is 2.51. The fourth-order valence-corrected chi connectivity index (χ4v) is 2.19. The lowest BCUT2D eigenvalue weighted by Crippen LogP contribution is -2.27. The van der Waals surface area contributed by atoms with Crippen LogP contribution in [0.1, 0.15) is 11.6 Å². The van der Waals surface area contributed by atoms with E-state index in [0.29, 0.717) is 17.1 Å². The zero-order valence-electron chi connectivity index (χ0n) is 11.3. The fourth-order valence-electron chi connectivity index (χ4n) is 2.19. The zero-order valence-corrected chi connectivity index (χ0v) is 11.3. The number of hydrogen-bond acceptors (Lipinski definition) is 4. The molecule has 3 amide bonds. The van der Waals surface area contributed by atoms with Crippen molar-refractivity contribution < 1.29 is 19.1 Å². The summed E-state index contributed by atoms with van der Waals surface area (Å²) in [5.74, 6) is 0.882. The van der Waals surface area contributed by atoms with Crippen molar-refractivity contribution in [3.63, 3.8) is 0 Å². The number of imide groups is 1. The maximum Gasteiger partial charge on any atom is 0.327 e. The molecule has 1 fully saturated rings. The van der Waals surface area contributed by atoms with Gasteiger partial charge in [-0.25, -0.2) is 4.79 Å². The molecule has 0 aromatic heterocycles. The van der Waals surface area contributed by atoms with Crippen LogP contribution in [0.15, 0.2) is 18.2 Å². The van der Waals surface area contributed by atoms with Gasteiger partial charge in [0.25, 0.3) is 5.91 Å². The second kappa shape index (κ2) is 4.79. The van der Waals surface area contributed by atoms with E-state index in [0.717, 1.165) is 4.90 Å². The maximum atomic E-state index is 12.2. The molecular formula is C13H16N2O4. The Morgan fingerprint density at radius 1 is 1.11 bits per heavy atom. The average Bonchev–Trinajstić information content (AvgIpc) is 2.62. The summed E-state index contributed by atoms with van der Waals surface area (Å²) in [6.45, 7) is 0. The van der Waals surface area contributed by atoms with Crippen LogP contribution < -0.4 is 9.47 Å². The van der Waals surface area contributed by atoms with Gasteiger partial charge < -0.3 is 14.4 Å². The minimum Gasteiger partial charge on any atom is -0.497 e. The molecule has 0 N–H and O–H groups in total. The van der Waals surface area contributed by atoms with Crippen LogP contribution in [0.25, 0.3) is 0 Å². The van der Waals surface area contributed by atoms with E-state index >= 15 is 0 Å². The van der Waals surface area contributed by atoms with Crippen LogP contribution in [-0.2, 0) is 4.79 Å². The molecule has 2 rings (SSSR count). The highest BCUT2D eigenvalue weighted by Gasteiger charge is 2.43. The molecule has 0 aliphatic carbocycles. The SMILES string of the molecule is COc1ccc(OC)c(C2C(=O)N(C)C(=O)N2C)c1. The van der Waals surface area contributed by atoms with E-state index < -0.39 is 6.04 Å². The number of rotatable bonds is 3. The van der Waals surface area contributed by atoms with Crippen molar-refractivity contribution in [1.82, 2.24) is 9.80 Å². The van der Waals surface area contributed by atoms with Crippen LogP contribution in [0.4, 0.5) is 4.79 Å². The van der Waals surface area contributed by atoms with Crippen molar-refractivity contribution in [1.29, 1.82) is 0 Å². The summed E-state index contributed by atoms with van der Waals surface area (Å²) in [6, 6.07) is 4.16. The fraction of sp³-hybridized carbons (Fsp3) is 0.385. The molecule has 1 aromatic rings. The average molecular weight is 264 g/mol. The third-order valence-electron chi connectivity index (χ3n) is 3.27. The number of benzene rings is 1. The predicted octanol–water partition coefficient (Wildman–Crippen LogP) is 1.27. The summed E-state index contributed by atoms with van der Waals surface area (Å²) in [5, 5.41) is 0. The van der Waals surface area contributed by atoms with E-state index in [1.54, 1.807) is 32.4 Å². The molecule has 6 heteroatoms. The highest BCUT2D eigenvalue weighted by molar-refractivity contribution is 6.04. The topological polar surface area (TPSA) is 59.1 Å². The number of carbonyl (C=O) groups is 2. The monoisotopic (exact) mass is 264 g/mol. The zero-order chi connectivity index (χ0) is 14.2. The molecule has 1 unspecified atom stereocenters. The van der Waals surface area contributed by atoms with Crippen molar-refractivity contribution in [3.8, 4) is 11.5 Å². The van der Waals surface area contributed by atoms with E-state index in [-0.39, 0.29) is 11.9 Å². The van der Waals surface area contributed by atoms with E-state index in [9.17, 15) is 9.59 Å². The number of nitrogens with zero attached hydrogens (tertiary/aromatic N) is 2. The lowest BCUT2D eigenvalue weighted by molar-refractivity contribution is -0.127. The minimum absolute atomic E-state index is 0.279. The van der Waals surface area contributed by atoms with E-state index in [1.165, 1.54) is 19.1 Å². The lowest BCUT2D eigenvalue weighted by Gasteiger charge is -2.19. The molecule has 1 heterocycles. The number of likely N-dealkylation sites (N-methyl/N-ethyl adjacent to an activating group) is 2. The van der Waals surface area contributed by atoms with Crippen LogP contribution in [0.2, 0.25) is 0 Å². The summed E-state index contributed by atoms with van der Waals surface area (Å²) < 4.78 is 10.4. The van der Waals surface area contributed by atoms with E-state index in [4.69, 9.17) is 9.47 Å². The van der Waals surface area contributed by atoms with E-state index in [1.807, 2.05) is 0 Å². The number of hydrogen-bond donors (Lipinski definition) is 0. The molecule has 0 spiro atoms. The van der Waals surface area contributed by atoms with Gasteiger partial charge in [-0.05, 0) is 18.2 Å². The van der Waals surface area contributed by atoms with Crippen LogP contribution in [-0.4, -0.2) is 50.1 Å². The Hall–Kier alpha value is -2.24. The molecule has 1 saturated heterocycles. The van der Waals surface area contributed by atoms with Crippen LogP contribution >= 0.6 is 0 Å². The summed E-state index contributed by atoms with van der Waals surface area (Å²) in [5.41, 5.74) is 0.618. The van der Waals surface area contributed by atoms with Crippen molar-refractivity contribution in [3.05, 3.63) is 23.8 Å². The molecule has 6 nitrogen and oxygen atoms in total. The molecule has 1 aliphatic rings. The third-order valence-corrected chi connectivity index (χ3v) is 3.27. The molecule has 0 radical (unpaired) electrons. The van der Waals surface area contributed by atoms with Gasteiger partial charge in [-0.1, -0.05) is 0 Å². The van der Waals surface area contributed by atoms with Gasteiger partial charge >= 0.3 is 6.03 Å². The van der Waals surface area contributed by atoms with E-state index in [2.05, 4.69) is 0 Å². The van der Waals surface area contributed by atoms with Gasteiger partial charge in [0.05, 0.1) is 14.2 Å². The maximum absolute atomic E-state index is 12.2. The van der Waals surface area contributed by atoms with Gasteiger partial charge in [0.2, 0.25) is 0 Å². The third kappa shape index (κ3) is 1.99. The van der Waals surface area contributed by atoms with Crippen molar-refractivity contribution >= 4 is 11.9 Å². The van der Waals surface area contributed by atoms with Gasteiger partial charge in [0.1, 0.15) is 17.5 Å². The lowest BCUT2D eigenvalue weighted by atomic mass is 10.0. The van der Waals surface area contributed by atoms with Crippen molar-refractivity contribution in [2.24, 2.45) is 0 Å². The smallest absolute Gasteiger partial charge is 0.327 e. The Morgan fingerprint density at radius 2 is 1.79 bits per heavy atom. The Bertz CT molecular complexity index is 529. The predicted molar refractivity (Wildman–Crippen MR) is 68.2 cm³/mol.